The van der Waals surface area contributed by atoms with E-state index in [1.807, 2.05) is 12.1 Å². The number of hydrogen-bond acceptors (Lipinski definition) is 3. The van der Waals surface area contributed by atoms with Crippen LogP contribution in [-0.4, -0.2) is 30.9 Å². The lowest BCUT2D eigenvalue weighted by Gasteiger charge is -2.17. The Morgan fingerprint density at radius 2 is 1.63 bits per heavy atom. The third-order valence-corrected chi connectivity index (χ3v) is 6.73. The van der Waals surface area contributed by atoms with Gasteiger partial charge in [-0.15, -0.1) is 0 Å². The molecular weight excluding hydrogens is 378 g/mol. The van der Waals surface area contributed by atoms with Crippen molar-refractivity contribution in [2.45, 2.75) is 37.5 Å². The van der Waals surface area contributed by atoms with Crippen molar-refractivity contribution in [3.63, 3.8) is 0 Å². The van der Waals surface area contributed by atoms with Crippen molar-refractivity contribution in [2.24, 2.45) is 0 Å². The molecular formula is C20H25N3O2S2. The zero-order valence-electron chi connectivity index (χ0n) is 15.6. The van der Waals surface area contributed by atoms with Gasteiger partial charge in [0.1, 0.15) is 0 Å². The summed E-state index contributed by atoms with van der Waals surface area (Å²) in [4.78, 5) is 0.290. The second-order valence-corrected chi connectivity index (χ2v) is 9.34. The number of hydrogen-bond donors (Lipinski definition) is 2. The molecule has 0 unspecified atom stereocenters. The van der Waals surface area contributed by atoms with E-state index in [9.17, 15) is 8.42 Å². The molecule has 5 nitrogen and oxygen atoms in total. The molecule has 0 saturated carbocycles. The zero-order chi connectivity index (χ0) is 19.4. The molecule has 27 heavy (non-hydrogen) atoms. The van der Waals surface area contributed by atoms with E-state index in [0.29, 0.717) is 34.7 Å². The van der Waals surface area contributed by atoms with E-state index in [2.05, 4.69) is 36.6 Å². The first-order valence-electron chi connectivity index (χ1n) is 9.14. The predicted molar refractivity (Wildman–Crippen MR) is 115 cm³/mol. The van der Waals surface area contributed by atoms with Crippen molar-refractivity contribution in [3.05, 3.63) is 54.1 Å². The molecule has 7 heteroatoms. The Kier molecular flexibility index (Phi) is 6.14. The first-order valence-corrected chi connectivity index (χ1v) is 11.0. The highest BCUT2D eigenvalue weighted by Gasteiger charge is 2.27. The highest BCUT2D eigenvalue weighted by Crippen LogP contribution is 2.23. The van der Waals surface area contributed by atoms with Gasteiger partial charge in [-0.3, -0.25) is 0 Å². The molecule has 0 atom stereocenters. The summed E-state index contributed by atoms with van der Waals surface area (Å²) < 4.78 is 26.9. The number of nitrogens with zero attached hydrogens (tertiary/aromatic N) is 1. The predicted octanol–water partition coefficient (Wildman–Crippen LogP) is 4.40. The minimum atomic E-state index is -3.44. The summed E-state index contributed by atoms with van der Waals surface area (Å²) in [6.07, 6.45) is 1.83. The van der Waals surface area contributed by atoms with Crippen molar-refractivity contribution >= 4 is 38.7 Å². The van der Waals surface area contributed by atoms with Gasteiger partial charge >= 0.3 is 0 Å². The molecule has 3 rings (SSSR count). The molecule has 2 N–H and O–H groups in total. The summed E-state index contributed by atoms with van der Waals surface area (Å²) in [5.41, 5.74) is 2.79. The average Bonchev–Trinajstić information content (AvgIpc) is 3.18. The Bertz CT molecular complexity index is 903. The maximum Gasteiger partial charge on any atom is 0.243 e. The Morgan fingerprint density at radius 1 is 1.00 bits per heavy atom. The van der Waals surface area contributed by atoms with Crippen LogP contribution in [0.3, 0.4) is 0 Å². The molecule has 0 aromatic heterocycles. The summed E-state index contributed by atoms with van der Waals surface area (Å²) in [6, 6.07) is 14.9. The minimum Gasteiger partial charge on any atom is -0.332 e. The summed E-state index contributed by atoms with van der Waals surface area (Å²) in [6.45, 7) is 5.48. The highest BCUT2D eigenvalue weighted by atomic mass is 32.2. The van der Waals surface area contributed by atoms with Crippen LogP contribution in [0.15, 0.2) is 53.4 Å². The third-order valence-electron chi connectivity index (χ3n) is 4.63. The normalized spacial score (nSPS) is 15.1. The Hall–Kier alpha value is -1.96. The first-order chi connectivity index (χ1) is 12.9. The smallest absolute Gasteiger partial charge is 0.243 e. The fourth-order valence-electron chi connectivity index (χ4n) is 3.06. The second kappa shape index (κ2) is 8.37. The van der Waals surface area contributed by atoms with Crippen molar-refractivity contribution in [2.75, 3.05) is 23.7 Å². The molecule has 2 aromatic carbocycles. The van der Waals surface area contributed by atoms with Gasteiger partial charge in [-0.05, 0) is 66.9 Å². The van der Waals surface area contributed by atoms with Gasteiger partial charge in [-0.1, -0.05) is 32.0 Å². The van der Waals surface area contributed by atoms with Crippen LogP contribution in [0, 0.1) is 0 Å². The summed E-state index contributed by atoms with van der Waals surface area (Å²) >= 11 is 5.36. The summed E-state index contributed by atoms with van der Waals surface area (Å²) in [5.74, 6) is 0.476. The van der Waals surface area contributed by atoms with E-state index in [1.165, 1.54) is 5.56 Å². The van der Waals surface area contributed by atoms with Crippen LogP contribution in [0.1, 0.15) is 38.2 Å². The van der Waals surface area contributed by atoms with Gasteiger partial charge in [0.05, 0.1) is 4.90 Å². The van der Waals surface area contributed by atoms with Gasteiger partial charge in [-0.2, -0.15) is 4.31 Å². The SMILES string of the molecule is CC(C)c1ccc(NC(=S)Nc2cccc(S(=O)(=O)N3CCCC3)c2)cc1. The van der Waals surface area contributed by atoms with Crippen molar-refractivity contribution in [1.29, 1.82) is 0 Å². The van der Waals surface area contributed by atoms with Crippen LogP contribution in [0.2, 0.25) is 0 Å². The lowest BCUT2D eigenvalue weighted by atomic mass is 10.0. The van der Waals surface area contributed by atoms with Crippen molar-refractivity contribution < 1.29 is 8.42 Å². The number of benzene rings is 2. The molecule has 0 radical (unpaired) electrons. The van der Waals surface area contributed by atoms with Crippen molar-refractivity contribution in [1.82, 2.24) is 4.31 Å². The van der Waals surface area contributed by atoms with Crippen LogP contribution in [0.4, 0.5) is 11.4 Å². The van der Waals surface area contributed by atoms with Gasteiger partial charge in [0.2, 0.25) is 10.0 Å². The molecule has 1 fully saturated rings. The summed E-state index contributed by atoms with van der Waals surface area (Å²) in [5, 5.41) is 6.62. The van der Waals surface area contributed by atoms with Gasteiger partial charge in [-0.25, -0.2) is 8.42 Å². The monoisotopic (exact) mass is 403 g/mol. The van der Waals surface area contributed by atoms with Crippen LogP contribution in [0.25, 0.3) is 0 Å². The number of anilines is 2. The fraction of sp³-hybridized carbons (Fsp3) is 0.350. The van der Waals surface area contributed by atoms with Gasteiger partial charge in [0, 0.05) is 24.5 Å². The number of nitrogens with one attached hydrogen (secondary N) is 2. The standard InChI is InChI=1S/C20H25N3O2S2/c1-15(2)16-8-10-17(11-9-16)21-20(26)22-18-6-5-7-19(14-18)27(24,25)23-12-3-4-13-23/h5-11,14-15H,3-4,12-13H2,1-2H3,(H2,21,22,26). The molecule has 2 aromatic rings. The van der Waals surface area contributed by atoms with E-state index in [-0.39, 0.29) is 0 Å². The van der Waals surface area contributed by atoms with Crippen LogP contribution >= 0.6 is 12.2 Å². The zero-order valence-corrected chi connectivity index (χ0v) is 17.2. The topological polar surface area (TPSA) is 61.4 Å². The minimum absolute atomic E-state index is 0.290. The molecule has 1 heterocycles. The van der Waals surface area contributed by atoms with E-state index >= 15 is 0 Å². The molecule has 0 spiro atoms. The maximum atomic E-state index is 12.7. The molecule has 1 saturated heterocycles. The fourth-order valence-corrected chi connectivity index (χ4v) is 4.86. The molecule has 0 aliphatic carbocycles. The molecule has 0 bridgehead atoms. The van der Waals surface area contributed by atoms with Crippen LogP contribution < -0.4 is 10.6 Å². The van der Waals surface area contributed by atoms with E-state index in [4.69, 9.17) is 12.2 Å². The second-order valence-electron chi connectivity index (χ2n) is 6.99. The quantitative estimate of drug-likeness (QED) is 0.725. The molecule has 1 aliphatic heterocycles. The van der Waals surface area contributed by atoms with E-state index in [1.54, 1.807) is 28.6 Å². The van der Waals surface area contributed by atoms with Gasteiger partial charge < -0.3 is 10.6 Å². The third kappa shape index (κ3) is 4.86. The first kappa shape index (κ1) is 19.8. The highest BCUT2D eigenvalue weighted by molar-refractivity contribution is 7.89. The number of rotatable bonds is 5. The Morgan fingerprint density at radius 3 is 2.26 bits per heavy atom. The molecule has 1 aliphatic rings. The Balaban J connectivity index is 1.67. The molecule has 0 amide bonds. The largest absolute Gasteiger partial charge is 0.332 e. The van der Waals surface area contributed by atoms with Gasteiger partial charge in [0.15, 0.2) is 5.11 Å². The van der Waals surface area contributed by atoms with E-state index < -0.39 is 10.0 Å². The van der Waals surface area contributed by atoms with Gasteiger partial charge in [0.25, 0.3) is 0 Å². The Labute approximate surface area is 166 Å². The molecule has 144 valence electrons. The van der Waals surface area contributed by atoms with E-state index in [0.717, 1.165) is 18.5 Å². The van der Waals surface area contributed by atoms with Crippen LogP contribution in [0.5, 0.6) is 0 Å². The number of thiocarbonyl (C=S) groups is 1. The lowest BCUT2D eigenvalue weighted by Crippen LogP contribution is -2.28. The maximum absolute atomic E-state index is 12.7. The number of sulfonamides is 1. The van der Waals surface area contributed by atoms with Crippen molar-refractivity contribution in [3.8, 4) is 0 Å². The lowest BCUT2D eigenvalue weighted by molar-refractivity contribution is 0.477. The summed E-state index contributed by atoms with van der Waals surface area (Å²) in [7, 11) is -3.44. The van der Waals surface area contributed by atoms with Crippen LogP contribution in [-0.2, 0) is 10.0 Å². The average molecular weight is 404 g/mol.